The zero-order chi connectivity index (χ0) is 15.1. The molecule has 1 heterocycles. The molecule has 110 valence electrons. The van der Waals surface area contributed by atoms with Crippen LogP contribution >= 0.6 is 11.6 Å². The highest BCUT2D eigenvalue weighted by molar-refractivity contribution is 6.30. The predicted molar refractivity (Wildman–Crippen MR) is 76.7 cm³/mol. The summed E-state index contributed by atoms with van der Waals surface area (Å²) in [5.41, 5.74) is 1.76. The number of hydrogen-bond acceptors (Lipinski definition) is 2. The lowest BCUT2D eigenvalue weighted by Gasteiger charge is -2.19. The van der Waals surface area contributed by atoms with Gasteiger partial charge in [0.15, 0.2) is 5.69 Å². The van der Waals surface area contributed by atoms with Gasteiger partial charge in [0, 0.05) is 16.3 Å². The van der Waals surface area contributed by atoms with Gasteiger partial charge >= 0.3 is 5.97 Å². The van der Waals surface area contributed by atoms with Gasteiger partial charge in [0.25, 0.3) is 0 Å². The summed E-state index contributed by atoms with van der Waals surface area (Å²) < 4.78 is 15.5. The first-order valence-corrected chi connectivity index (χ1v) is 7.14. The van der Waals surface area contributed by atoms with Crippen molar-refractivity contribution in [3.05, 3.63) is 46.0 Å². The van der Waals surface area contributed by atoms with E-state index in [2.05, 4.69) is 12.0 Å². The monoisotopic (exact) mass is 308 g/mol. The average molecular weight is 309 g/mol. The third-order valence-corrected chi connectivity index (χ3v) is 4.09. The third-order valence-electron chi connectivity index (χ3n) is 3.86. The number of carboxylic acid groups (broad SMARTS) is 1. The molecule has 2 aromatic rings. The van der Waals surface area contributed by atoms with E-state index in [9.17, 15) is 14.3 Å². The summed E-state index contributed by atoms with van der Waals surface area (Å²) >= 11 is 5.76. The highest BCUT2D eigenvalue weighted by Crippen LogP contribution is 2.31. The number of carbonyl (C=O) groups is 1. The van der Waals surface area contributed by atoms with Gasteiger partial charge in [-0.3, -0.25) is 0 Å². The van der Waals surface area contributed by atoms with E-state index in [-0.39, 0.29) is 11.4 Å². The first-order valence-electron chi connectivity index (χ1n) is 6.77. The van der Waals surface area contributed by atoms with E-state index < -0.39 is 11.8 Å². The number of fused-ring (bicyclic) bond motifs is 1. The summed E-state index contributed by atoms with van der Waals surface area (Å²) in [4.78, 5) is 11.4. The second-order valence-corrected chi connectivity index (χ2v) is 5.87. The topological polar surface area (TPSA) is 55.1 Å². The van der Waals surface area contributed by atoms with Crippen LogP contribution in [0.25, 0.3) is 5.69 Å². The Kier molecular flexibility index (Phi) is 3.45. The van der Waals surface area contributed by atoms with Gasteiger partial charge in [-0.15, -0.1) is 0 Å². The molecule has 1 aromatic carbocycles. The van der Waals surface area contributed by atoms with Crippen molar-refractivity contribution in [3.63, 3.8) is 0 Å². The van der Waals surface area contributed by atoms with E-state index in [0.717, 1.165) is 17.7 Å². The molecule has 1 N–H and O–H groups in total. The summed E-state index contributed by atoms with van der Waals surface area (Å²) in [6.07, 6.45) is 2.29. The van der Waals surface area contributed by atoms with Crippen LogP contribution in [0.3, 0.4) is 0 Å². The lowest BCUT2D eigenvalue weighted by atomic mass is 9.87. The first kappa shape index (κ1) is 14.1. The van der Waals surface area contributed by atoms with Crippen LogP contribution in [0.5, 0.6) is 0 Å². The Labute approximate surface area is 126 Å². The standard InChI is InChI=1S/C15H14ClFN2O2/c1-8-2-4-12-10(6-8)14(15(20)21)18-19(12)13-5-3-9(16)7-11(13)17/h3,5,7-8H,2,4,6H2,1H3,(H,20,21). The largest absolute Gasteiger partial charge is 0.476 e. The molecule has 1 atom stereocenters. The predicted octanol–water partition coefficient (Wildman–Crippen LogP) is 3.49. The molecule has 3 rings (SSSR count). The molecule has 0 saturated heterocycles. The molecule has 1 unspecified atom stereocenters. The normalized spacial score (nSPS) is 17.6. The second kappa shape index (κ2) is 5.15. The van der Waals surface area contributed by atoms with Crippen LogP contribution in [0.2, 0.25) is 5.02 Å². The van der Waals surface area contributed by atoms with Crippen LogP contribution in [0.1, 0.15) is 35.1 Å². The highest BCUT2D eigenvalue weighted by atomic mass is 35.5. The smallest absolute Gasteiger partial charge is 0.356 e. The van der Waals surface area contributed by atoms with Crippen molar-refractivity contribution < 1.29 is 14.3 Å². The van der Waals surface area contributed by atoms with Crippen LogP contribution in [0.4, 0.5) is 4.39 Å². The molecular weight excluding hydrogens is 295 g/mol. The van der Waals surface area contributed by atoms with Crippen LogP contribution in [0.15, 0.2) is 18.2 Å². The molecular formula is C15H14ClFN2O2. The van der Waals surface area contributed by atoms with Crippen molar-refractivity contribution >= 4 is 17.6 Å². The van der Waals surface area contributed by atoms with Gasteiger partial charge in [-0.2, -0.15) is 5.10 Å². The number of carboxylic acids is 1. The Balaban J connectivity index is 2.19. The van der Waals surface area contributed by atoms with Gasteiger partial charge in [-0.1, -0.05) is 18.5 Å². The van der Waals surface area contributed by atoms with Gasteiger partial charge < -0.3 is 5.11 Å². The maximum atomic E-state index is 14.1. The first-order chi connectivity index (χ1) is 9.97. The second-order valence-electron chi connectivity index (χ2n) is 5.43. The molecule has 0 fully saturated rings. The molecule has 0 bridgehead atoms. The Bertz CT molecular complexity index is 727. The summed E-state index contributed by atoms with van der Waals surface area (Å²) in [6, 6.07) is 4.30. The molecule has 0 radical (unpaired) electrons. The van der Waals surface area contributed by atoms with E-state index in [1.165, 1.54) is 16.8 Å². The maximum Gasteiger partial charge on any atom is 0.356 e. The summed E-state index contributed by atoms with van der Waals surface area (Å²) in [5, 5.41) is 13.7. The quantitative estimate of drug-likeness (QED) is 0.924. The number of aromatic carboxylic acids is 1. The Morgan fingerprint density at radius 2 is 2.29 bits per heavy atom. The molecule has 1 aliphatic carbocycles. The fraction of sp³-hybridized carbons (Fsp3) is 0.333. The molecule has 21 heavy (non-hydrogen) atoms. The van der Waals surface area contributed by atoms with Crippen molar-refractivity contribution in [3.8, 4) is 5.69 Å². The number of nitrogens with zero attached hydrogens (tertiary/aromatic N) is 2. The zero-order valence-corrected chi connectivity index (χ0v) is 12.2. The van der Waals surface area contributed by atoms with E-state index in [1.54, 1.807) is 6.07 Å². The molecule has 1 aliphatic rings. The van der Waals surface area contributed by atoms with Gasteiger partial charge in [0.1, 0.15) is 11.5 Å². The van der Waals surface area contributed by atoms with Crippen molar-refractivity contribution in [2.75, 3.05) is 0 Å². The fourth-order valence-corrected chi connectivity index (χ4v) is 2.97. The summed E-state index contributed by atoms with van der Waals surface area (Å²) in [6.45, 7) is 2.08. The van der Waals surface area contributed by atoms with E-state index in [4.69, 9.17) is 11.6 Å². The van der Waals surface area contributed by atoms with Gasteiger partial charge in [0.05, 0.1) is 0 Å². The van der Waals surface area contributed by atoms with Crippen LogP contribution in [0, 0.1) is 11.7 Å². The molecule has 0 aliphatic heterocycles. The van der Waals surface area contributed by atoms with Crippen LogP contribution in [-0.2, 0) is 12.8 Å². The molecule has 0 saturated carbocycles. The molecule has 4 nitrogen and oxygen atoms in total. The van der Waals surface area contributed by atoms with Crippen molar-refractivity contribution in [1.29, 1.82) is 0 Å². The average Bonchev–Trinajstić information content (AvgIpc) is 2.77. The Hall–Kier alpha value is -1.88. The minimum Gasteiger partial charge on any atom is -0.476 e. The van der Waals surface area contributed by atoms with Gasteiger partial charge in [-0.25, -0.2) is 13.9 Å². The number of aromatic nitrogens is 2. The van der Waals surface area contributed by atoms with E-state index >= 15 is 0 Å². The minimum atomic E-state index is -1.08. The number of hydrogen-bond donors (Lipinski definition) is 1. The Morgan fingerprint density at radius 1 is 1.52 bits per heavy atom. The third kappa shape index (κ3) is 2.42. The minimum absolute atomic E-state index is 0.0194. The lowest BCUT2D eigenvalue weighted by molar-refractivity contribution is 0.0688. The van der Waals surface area contributed by atoms with Crippen molar-refractivity contribution in [1.82, 2.24) is 9.78 Å². The SMILES string of the molecule is CC1CCc2c(c(C(=O)O)nn2-c2ccc(Cl)cc2F)C1. The van der Waals surface area contributed by atoms with Gasteiger partial charge in [-0.05, 0) is 43.4 Å². The van der Waals surface area contributed by atoms with E-state index in [1.807, 2.05) is 0 Å². The van der Waals surface area contributed by atoms with Crippen LogP contribution < -0.4 is 0 Å². The molecule has 0 amide bonds. The van der Waals surface area contributed by atoms with Crippen molar-refractivity contribution in [2.24, 2.45) is 5.92 Å². The number of benzene rings is 1. The number of rotatable bonds is 2. The highest BCUT2D eigenvalue weighted by Gasteiger charge is 2.28. The molecule has 1 aromatic heterocycles. The summed E-state index contributed by atoms with van der Waals surface area (Å²) in [5.74, 6) is -1.18. The zero-order valence-electron chi connectivity index (χ0n) is 11.4. The fourth-order valence-electron chi connectivity index (χ4n) is 2.81. The summed E-state index contributed by atoms with van der Waals surface area (Å²) in [7, 11) is 0. The molecule has 0 spiro atoms. The number of halogens is 2. The Morgan fingerprint density at radius 3 is 2.95 bits per heavy atom. The van der Waals surface area contributed by atoms with Gasteiger partial charge in [0.2, 0.25) is 0 Å². The van der Waals surface area contributed by atoms with Crippen molar-refractivity contribution in [2.45, 2.75) is 26.2 Å². The van der Waals surface area contributed by atoms with E-state index in [0.29, 0.717) is 23.8 Å². The lowest BCUT2D eigenvalue weighted by Crippen LogP contribution is -2.15. The maximum absolute atomic E-state index is 14.1. The van der Waals surface area contributed by atoms with Crippen LogP contribution in [-0.4, -0.2) is 20.9 Å². The molecule has 6 heteroatoms.